The van der Waals surface area contributed by atoms with E-state index in [-0.39, 0.29) is 23.7 Å². The van der Waals surface area contributed by atoms with Crippen molar-refractivity contribution in [1.29, 1.82) is 0 Å². The predicted octanol–water partition coefficient (Wildman–Crippen LogP) is 3.26. The van der Waals surface area contributed by atoms with Crippen LogP contribution in [0, 0.1) is 11.8 Å². The molecule has 3 N–H and O–H groups in total. The molecule has 0 aliphatic heterocycles. The number of hydrogen-bond donors (Lipinski definition) is 2. The average Bonchev–Trinajstić information content (AvgIpc) is 3.10. The zero-order valence-corrected chi connectivity index (χ0v) is 15.5. The zero-order valence-electron chi connectivity index (χ0n) is 15.5. The highest BCUT2D eigenvalue weighted by atomic mass is 16.2. The van der Waals surface area contributed by atoms with Crippen LogP contribution in [0.2, 0.25) is 0 Å². The van der Waals surface area contributed by atoms with Gasteiger partial charge >= 0.3 is 0 Å². The molecule has 0 bridgehead atoms. The van der Waals surface area contributed by atoms with E-state index >= 15 is 0 Å². The molecule has 2 rings (SSSR count). The molecule has 0 unspecified atom stereocenters. The minimum atomic E-state index is 0.0101. The summed E-state index contributed by atoms with van der Waals surface area (Å²) in [5.41, 5.74) is 7.17. The highest BCUT2D eigenvalue weighted by Gasteiger charge is 2.31. The molecule has 5 heteroatoms. The summed E-state index contributed by atoms with van der Waals surface area (Å²) in [5.74, 6) is 0.402. The minimum Gasteiger partial charge on any atom is -0.339 e. The second-order valence-corrected chi connectivity index (χ2v) is 6.89. The van der Waals surface area contributed by atoms with Crippen LogP contribution < -0.4 is 11.1 Å². The lowest BCUT2D eigenvalue weighted by atomic mass is 9.95. The number of carbonyl (C=O) groups excluding carboxylic acids is 2. The first-order chi connectivity index (χ1) is 12.1. The van der Waals surface area contributed by atoms with Gasteiger partial charge in [-0.25, -0.2) is 0 Å². The molecule has 1 aliphatic rings. The van der Waals surface area contributed by atoms with Crippen LogP contribution in [0.3, 0.4) is 0 Å². The molecule has 1 aromatic carbocycles. The van der Waals surface area contributed by atoms with E-state index in [9.17, 15) is 9.59 Å². The predicted molar refractivity (Wildman–Crippen MR) is 101 cm³/mol. The smallest absolute Gasteiger partial charge is 0.253 e. The van der Waals surface area contributed by atoms with Crippen molar-refractivity contribution in [1.82, 2.24) is 4.90 Å². The highest BCUT2D eigenvalue weighted by molar-refractivity contribution is 5.96. The van der Waals surface area contributed by atoms with Gasteiger partial charge in [0.2, 0.25) is 5.91 Å². The molecular weight excluding hydrogens is 314 g/mol. The second kappa shape index (κ2) is 9.56. The van der Waals surface area contributed by atoms with E-state index in [1.54, 1.807) is 12.1 Å². The summed E-state index contributed by atoms with van der Waals surface area (Å²) < 4.78 is 0. The SMILES string of the molecule is CCCN(CCC)C(=O)c1ccc(NC(=O)[C@@H]2CCC[C@@H]2CN)cc1. The van der Waals surface area contributed by atoms with Crippen molar-refractivity contribution in [3.63, 3.8) is 0 Å². The van der Waals surface area contributed by atoms with Crippen molar-refractivity contribution in [2.75, 3.05) is 25.0 Å². The van der Waals surface area contributed by atoms with Crippen molar-refractivity contribution in [3.05, 3.63) is 29.8 Å². The molecule has 0 radical (unpaired) electrons. The second-order valence-electron chi connectivity index (χ2n) is 6.89. The first kappa shape index (κ1) is 19.4. The number of hydrogen-bond acceptors (Lipinski definition) is 3. The van der Waals surface area contributed by atoms with Crippen molar-refractivity contribution >= 4 is 17.5 Å². The lowest BCUT2D eigenvalue weighted by Crippen LogP contribution is -2.32. The molecule has 138 valence electrons. The number of nitrogens with one attached hydrogen (secondary N) is 1. The summed E-state index contributed by atoms with van der Waals surface area (Å²) in [5, 5.41) is 2.97. The summed E-state index contributed by atoms with van der Waals surface area (Å²) in [6, 6.07) is 7.22. The summed E-state index contributed by atoms with van der Waals surface area (Å²) in [6.07, 6.45) is 4.91. The van der Waals surface area contributed by atoms with E-state index < -0.39 is 0 Å². The van der Waals surface area contributed by atoms with Crippen molar-refractivity contribution in [2.45, 2.75) is 46.0 Å². The van der Waals surface area contributed by atoms with Crippen LogP contribution in [0.1, 0.15) is 56.3 Å². The Hall–Kier alpha value is -1.88. The first-order valence-corrected chi connectivity index (χ1v) is 9.50. The molecule has 2 atom stereocenters. The summed E-state index contributed by atoms with van der Waals surface area (Å²) in [4.78, 5) is 26.9. The maximum Gasteiger partial charge on any atom is 0.253 e. The Labute approximate surface area is 151 Å². The van der Waals surface area contributed by atoms with E-state index in [1.165, 1.54) is 0 Å². The fourth-order valence-electron chi connectivity index (χ4n) is 3.63. The Morgan fingerprint density at radius 3 is 2.32 bits per heavy atom. The Balaban J connectivity index is 1.99. The Bertz CT molecular complexity index is 565. The molecule has 2 amide bonds. The van der Waals surface area contributed by atoms with Gasteiger partial charge in [-0.2, -0.15) is 0 Å². The first-order valence-electron chi connectivity index (χ1n) is 9.50. The molecule has 0 heterocycles. The van der Waals surface area contributed by atoms with Gasteiger partial charge in [0.1, 0.15) is 0 Å². The molecule has 5 nitrogen and oxygen atoms in total. The maximum absolute atomic E-state index is 12.6. The molecule has 1 aliphatic carbocycles. The monoisotopic (exact) mass is 345 g/mol. The van der Waals surface area contributed by atoms with Gasteiger partial charge < -0.3 is 16.0 Å². The third kappa shape index (κ3) is 5.05. The van der Waals surface area contributed by atoms with Gasteiger partial charge in [-0.05, 0) is 62.4 Å². The number of nitrogens with two attached hydrogens (primary N) is 1. The summed E-state index contributed by atoms with van der Waals surface area (Å²) in [7, 11) is 0. The van der Waals surface area contributed by atoms with Crippen LogP contribution in [-0.2, 0) is 4.79 Å². The lowest BCUT2D eigenvalue weighted by molar-refractivity contribution is -0.120. The maximum atomic E-state index is 12.6. The van der Waals surface area contributed by atoms with Crippen molar-refractivity contribution in [2.24, 2.45) is 17.6 Å². The standard InChI is InChI=1S/C20H31N3O2/c1-3-12-23(13-4-2)20(25)15-8-10-17(11-9-15)22-19(24)18-7-5-6-16(18)14-21/h8-11,16,18H,3-7,12-14,21H2,1-2H3,(H,22,24)/t16-,18-/m1/s1. The third-order valence-corrected chi connectivity index (χ3v) is 4.97. The van der Waals surface area contributed by atoms with Gasteiger partial charge in [0, 0.05) is 30.3 Å². The zero-order chi connectivity index (χ0) is 18.2. The van der Waals surface area contributed by atoms with Crippen LogP contribution in [-0.4, -0.2) is 36.3 Å². The number of amides is 2. The molecule has 0 aromatic heterocycles. The molecule has 25 heavy (non-hydrogen) atoms. The molecule has 1 fully saturated rings. The van der Waals surface area contributed by atoms with Gasteiger partial charge in [-0.15, -0.1) is 0 Å². The minimum absolute atomic E-state index is 0.0101. The van der Waals surface area contributed by atoms with E-state index in [0.29, 0.717) is 12.1 Å². The van der Waals surface area contributed by atoms with Crippen LogP contribution in [0.5, 0.6) is 0 Å². The van der Waals surface area contributed by atoms with Crippen LogP contribution in [0.25, 0.3) is 0 Å². The molecule has 1 aromatic rings. The van der Waals surface area contributed by atoms with Crippen LogP contribution in [0.15, 0.2) is 24.3 Å². The summed E-state index contributed by atoms with van der Waals surface area (Å²) in [6.45, 7) is 6.26. The van der Waals surface area contributed by atoms with Gasteiger partial charge in [0.15, 0.2) is 0 Å². The van der Waals surface area contributed by atoms with Crippen molar-refractivity contribution < 1.29 is 9.59 Å². The fraction of sp³-hybridized carbons (Fsp3) is 0.600. The Morgan fingerprint density at radius 1 is 1.12 bits per heavy atom. The molecule has 0 saturated heterocycles. The van der Waals surface area contributed by atoms with Crippen molar-refractivity contribution in [3.8, 4) is 0 Å². The quantitative estimate of drug-likeness (QED) is 0.759. The topological polar surface area (TPSA) is 75.4 Å². The largest absolute Gasteiger partial charge is 0.339 e. The van der Waals surface area contributed by atoms with Gasteiger partial charge in [-0.3, -0.25) is 9.59 Å². The Kier molecular flexibility index (Phi) is 7.44. The van der Waals surface area contributed by atoms with Crippen LogP contribution in [0.4, 0.5) is 5.69 Å². The van der Waals surface area contributed by atoms with Crippen LogP contribution >= 0.6 is 0 Å². The van der Waals surface area contributed by atoms with Gasteiger partial charge in [0.05, 0.1) is 0 Å². The number of nitrogens with zero attached hydrogens (tertiary/aromatic N) is 1. The molecular formula is C20H31N3O2. The third-order valence-electron chi connectivity index (χ3n) is 4.97. The van der Waals surface area contributed by atoms with E-state index in [4.69, 9.17) is 5.73 Å². The Morgan fingerprint density at radius 2 is 1.76 bits per heavy atom. The highest BCUT2D eigenvalue weighted by Crippen LogP contribution is 2.31. The molecule has 0 spiro atoms. The number of rotatable bonds is 8. The normalized spacial score (nSPS) is 19.6. The molecule has 1 saturated carbocycles. The number of anilines is 1. The van der Waals surface area contributed by atoms with Gasteiger partial charge in [-0.1, -0.05) is 20.3 Å². The average molecular weight is 345 g/mol. The lowest BCUT2D eigenvalue weighted by Gasteiger charge is -2.21. The number of benzene rings is 1. The van der Waals surface area contributed by atoms with E-state index in [1.807, 2.05) is 17.0 Å². The number of carbonyl (C=O) groups is 2. The fourth-order valence-corrected chi connectivity index (χ4v) is 3.63. The summed E-state index contributed by atoms with van der Waals surface area (Å²) >= 11 is 0. The van der Waals surface area contributed by atoms with E-state index in [2.05, 4.69) is 19.2 Å². The van der Waals surface area contributed by atoms with Gasteiger partial charge in [0.25, 0.3) is 5.91 Å². The van der Waals surface area contributed by atoms with E-state index in [0.717, 1.165) is 50.9 Å².